The Morgan fingerprint density at radius 1 is 1.18 bits per heavy atom. The maximum atomic E-state index is 12.9. The van der Waals surface area contributed by atoms with Crippen LogP contribution in [0.1, 0.15) is 45.6 Å². The number of hydrogen-bond acceptors (Lipinski definition) is 6. The fourth-order valence-electron chi connectivity index (χ4n) is 2.97. The molecule has 7 nitrogen and oxygen atoms in total. The fraction of sp³-hybridized carbons (Fsp3) is 0.476. The number of hydrazine groups is 1. The van der Waals surface area contributed by atoms with Gasteiger partial charge in [0, 0.05) is 31.1 Å². The summed E-state index contributed by atoms with van der Waals surface area (Å²) >= 11 is 0. The van der Waals surface area contributed by atoms with Crippen LogP contribution in [0, 0.1) is 0 Å². The molecular formula is C21H28N2O5. The van der Waals surface area contributed by atoms with Gasteiger partial charge < -0.3 is 9.47 Å². The van der Waals surface area contributed by atoms with Crippen molar-refractivity contribution in [1.29, 1.82) is 0 Å². The van der Waals surface area contributed by atoms with Crippen molar-refractivity contribution in [3.8, 4) is 5.75 Å². The van der Waals surface area contributed by atoms with Gasteiger partial charge in [-0.25, -0.2) is 9.80 Å². The maximum Gasteiger partial charge on any atom is 0.428 e. The highest BCUT2D eigenvalue weighted by Gasteiger charge is 2.29. The van der Waals surface area contributed by atoms with E-state index in [0.717, 1.165) is 5.01 Å². The summed E-state index contributed by atoms with van der Waals surface area (Å²) < 4.78 is 10.6. The Labute approximate surface area is 165 Å². The predicted molar refractivity (Wildman–Crippen MR) is 105 cm³/mol. The summed E-state index contributed by atoms with van der Waals surface area (Å²) in [5.41, 5.74) is 3.51. The first kappa shape index (κ1) is 21.5. The van der Waals surface area contributed by atoms with Crippen molar-refractivity contribution in [2.75, 3.05) is 14.2 Å². The van der Waals surface area contributed by atoms with E-state index in [1.54, 1.807) is 32.9 Å². The molecule has 0 atom stereocenters. The number of hydrogen-bond donors (Lipinski definition) is 1. The van der Waals surface area contributed by atoms with E-state index in [-0.39, 0.29) is 23.6 Å². The lowest BCUT2D eigenvalue weighted by molar-refractivity contribution is -0.121. The SMILES string of the molecule is COc1ccccc1CC(=O)C1=C(NN(C)C(=O)OC(C)(C)C)CCCC1=O. The summed E-state index contributed by atoms with van der Waals surface area (Å²) in [6, 6.07) is 7.21. The van der Waals surface area contributed by atoms with E-state index in [4.69, 9.17) is 9.47 Å². The molecule has 1 amide bonds. The second-order valence-electron chi connectivity index (χ2n) is 7.69. The lowest BCUT2D eigenvalue weighted by atomic mass is 9.89. The second-order valence-corrected chi connectivity index (χ2v) is 7.69. The number of ether oxygens (including phenoxy) is 2. The molecule has 0 bridgehead atoms. The van der Waals surface area contributed by atoms with E-state index >= 15 is 0 Å². The van der Waals surface area contributed by atoms with Crippen LogP contribution in [-0.4, -0.2) is 42.4 Å². The molecular weight excluding hydrogens is 360 g/mol. The van der Waals surface area contributed by atoms with Gasteiger partial charge in [-0.05, 0) is 39.7 Å². The average Bonchev–Trinajstić information content (AvgIpc) is 2.60. The molecule has 0 fully saturated rings. The number of benzene rings is 1. The van der Waals surface area contributed by atoms with Gasteiger partial charge in [0.2, 0.25) is 0 Å². The molecule has 0 aromatic heterocycles. The molecule has 0 spiro atoms. The molecule has 0 saturated carbocycles. The molecule has 0 radical (unpaired) electrons. The minimum Gasteiger partial charge on any atom is -0.496 e. The number of amides is 1. The Kier molecular flexibility index (Phi) is 6.83. The molecule has 1 aromatic carbocycles. The van der Waals surface area contributed by atoms with E-state index in [0.29, 0.717) is 36.3 Å². The van der Waals surface area contributed by atoms with Gasteiger partial charge in [-0.1, -0.05) is 18.2 Å². The molecule has 0 unspecified atom stereocenters. The van der Waals surface area contributed by atoms with Gasteiger partial charge in [-0.3, -0.25) is 15.0 Å². The van der Waals surface area contributed by atoms with Crippen molar-refractivity contribution in [3.63, 3.8) is 0 Å². The summed E-state index contributed by atoms with van der Waals surface area (Å²) in [5, 5.41) is 1.16. The minimum atomic E-state index is -0.647. The van der Waals surface area contributed by atoms with Gasteiger partial charge in [-0.15, -0.1) is 0 Å². The van der Waals surface area contributed by atoms with Crippen molar-refractivity contribution in [1.82, 2.24) is 10.4 Å². The van der Waals surface area contributed by atoms with E-state index in [9.17, 15) is 14.4 Å². The van der Waals surface area contributed by atoms with E-state index < -0.39 is 11.7 Å². The molecule has 0 aliphatic heterocycles. The summed E-state index contributed by atoms with van der Waals surface area (Å²) in [5.74, 6) is 0.0839. The summed E-state index contributed by atoms with van der Waals surface area (Å²) in [6.07, 6.45) is 0.899. The van der Waals surface area contributed by atoms with Crippen LogP contribution in [0.2, 0.25) is 0 Å². The molecule has 2 rings (SSSR count). The van der Waals surface area contributed by atoms with Gasteiger partial charge in [0.1, 0.15) is 11.4 Å². The van der Waals surface area contributed by atoms with E-state index in [1.807, 2.05) is 12.1 Å². The number of para-hydroxylation sites is 1. The topological polar surface area (TPSA) is 84.9 Å². The molecule has 0 saturated heterocycles. The molecule has 152 valence electrons. The van der Waals surface area contributed by atoms with Crippen LogP contribution in [0.25, 0.3) is 0 Å². The van der Waals surface area contributed by atoms with Gasteiger partial charge in [0.25, 0.3) is 0 Å². The number of carbonyl (C=O) groups excluding carboxylic acids is 3. The van der Waals surface area contributed by atoms with Crippen LogP contribution >= 0.6 is 0 Å². The highest BCUT2D eigenvalue weighted by Crippen LogP contribution is 2.25. The number of allylic oxidation sites excluding steroid dienone is 2. The predicted octanol–water partition coefficient (Wildman–Crippen LogP) is 3.19. The molecule has 1 aliphatic rings. The first-order chi connectivity index (χ1) is 13.1. The second kappa shape index (κ2) is 8.91. The Bertz CT molecular complexity index is 792. The number of Topliss-reactive ketones (excluding diaryl/α,β-unsaturated/α-hetero) is 2. The monoisotopic (exact) mass is 388 g/mol. The maximum absolute atomic E-state index is 12.9. The number of methoxy groups -OCH3 is 1. The molecule has 1 N–H and O–H groups in total. The Morgan fingerprint density at radius 2 is 1.86 bits per heavy atom. The van der Waals surface area contributed by atoms with Gasteiger partial charge in [-0.2, -0.15) is 0 Å². The zero-order chi connectivity index (χ0) is 20.9. The third-order valence-electron chi connectivity index (χ3n) is 4.20. The van der Waals surface area contributed by atoms with Crippen LogP contribution in [0.15, 0.2) is 35.5 Å². The third-order valence-corrected chi connectivity index (χ3v) is 4.20. The minimum absolute atomic E-state index is 0.0480. The molecule has 0 heterocycles. The lowest BCUT2D eigenvalue weighted by Gasteiger charge is -2.28. The molecule has 1 aromatic rings. The van der Waals surface area contributed by atoms with Crippen molar-refractivity contribution in [2.45, 2.75) is 52.1 Å². The summed E-state index contributed by atoms with van der Waals surface area (Å²) in [7, 11) is 3.04. The quantitative estimate of drug-likeness (QED) is 0.595. The number of nitrogens with one attached hydrogen (secondary N) is 1. The summed E-state index contributed by atoms with van der Waals surface area (Å²) in [4.78, 5) is 37.6. The number of carbonyl (C=O) groups is 3. The Morgan fingerprint density at radius 3 is 2.50 bits per heavy atom. The van der Waals surface area contributed by atoms with Crippen LogP contribution in [-0.2, 0) is 20.7 Å². The molecule has 28 heavy (non-hydrogen) atoms. The number of ketones is 2. The molecule has 7 heteroatoms. The Hall–Kier alpha value is -2.83. The number of rotatable bonds is 6. The van der Waals surface area contributed by atoms with Gasteiger partial charge in [0.05, 0.1) is 12.7 Å². The third kappa shape index (κ3) is 5.58. The normalized spacial score (nSPS) is 14.5. The average molecular weight is 388 g/mol. The fourth-order valence-corrected chi connectivity index (χ4v) is 2.97. The molecule has 1 aliphatic carbocycles. The van der Waals surface area contributed by atoms with E-state index in [1.165, 1.54) is 14.2 Å². The largest absolute Gasteiger partial charge is 0.496 e. The Balaban J connectivity index is 2.23. The van der Waals surface area contributed by atoms with Crippen LogP contribution in [0.3, 0.4) is 0 Å². The zero-order valence-electron chi connectivity index (χ0n) is 17.1. The number of nitrogens with zero attached hydrogens (tertiary/aromatic N) is 1. The highest BCUT2D eigenvalue weighted by atomic mass is 16.6. The van der Waals surface area contributed by atoms with Gasteiger partial charge in [0.15, 0.2) is 11.6 Å². The first-order valence-electron chi connectivity index (χ1n) is 9.27. The first-order valence-corrected chi connectivity index (χ1v) is 9.27. The zero-order valence-corrected chi connectivity index (χ0v) is 17.1. The highest BCUT2D eigenvalue weighted by molar-refractivity contribution is 6.21. The summed E-state index contributed by atoms with van der Waals surface area (Å²) in [6.45, 7) is 5.30. The van der Waals surface area contributed by atoms with Crippen molar-refractivity contribution >= 4 is 17.7 Å². The van der Waals surface area contributed by atoms with Gasteiger partial charge >= 0.3 is 6.09 Å². The van der Waals surface area contributed by atoms with Crippen molar-refractivity contribution in [2.24, 2.45) is 0 Å². The standard InChI is InChI=1S/C21H28N2O5/c1-21(2,3)28-20(26)23(4)22-15-10-8-11-16(24)19(15)17(25)13-14-9-6-7-12-18(14)27-5/h6-7,9,12,22H,8,10-11,13H2,1-5H3. The van der Waals surface area contributed by atoms with E-state index in [2.05, 4.69) is 5.43 Å². The van der Waals surface area contributed by atoms with Crippen molar-refractivity contribution in [3.05, 3.63) is 41.1 Å². The van der Waals surface area contributed by atoms with Crippen molar-refractivity contribution < 1.29 is 23.9 Å². The van der Waals surface area contributed by atoms with Crippen LogP contribution < -0.4 is 10.2 Å². The smallest absolute Gasteiger partial charge is 0.428 e. The lowest BCUT2D eigenvalue weighted by Crippen LogP contribution is -2.44. The van der Waals surface area contributed by atoms with Crippen LogP contribution in [0.5, 0.6) is 5.75 Å². The van der Waals surface area contributed by atoms with Crippen LogP contribution in [0.4, 0.5) is 4.79 Å².